The second-order valence-electron chi connectivity index (χ2n) is 7.99. The molecule has 2 amide bonds. The third kappa shape index (κ3) is 2.88. The molecule has 1 spiro atoms. The fourth-order valence-corrected chi connectivity index (χ4v) is 4.82. The highest BCUT2D eigenvalue weighted by Gasteiger charge is 2.59. The summed E-state index contributed by atoms with van der Waals surface area (Å²) in [5.41, 5.74) is 0.220. The SMILES string of the molecule is CCN(CC(=O)O)C1CC(NC(=O)N2CC3(CCC3)C2c2ccco2)C1. The van der Waals surface area contributed by atoms with Crippen LogP contribution in [-0.2, 0) is 4.79 Å². The Balaban J connectivity index is 1.31. The zero-order valence-corrected chi connectivity index (χ0v) is 15.2. The van der Waals surface area contributed by atoms with Crippen LogP contribution in [0.2, 0.25) is 0 Å². The Hall–Kier alpha value is -2.02. The largest absolute Gasteiger partial charge is 0.480 e. The van der Waals surface area contributed by atoms with Crippen molar-refractivity contribution in [2.75, 3.05) is 19.6 Å². The number of urea groups is 1. The molecule has 0 radical (unpaired) electrons. The third-order valence-electron chi connectivity index (χ3n) is 6.50. The van der Waals surface area contributed by atoms with Gasteiger partial charge in [-0.1, -0.05) is 13.3 Å². The van der Waals surface area contributed by atoms with Crippen molar-refractivity contribution < 1.29 is 19.1 Å². The van der Waals surface area contributed by atoms with Gasteiger partial charge in [0, 0.05) is 24.0 Å². The van der Waals surface area contributed by atoms with Crippen LogP contribution in [0, 0.1) is 5.41 Å². The molecule has 0 bridgehead atoms. The Kier molecular flexibility index (Phi) is 4.42. The van der Waals surface area contributed by atoms with Crippen molar-refractivity contribution in [1.29, 1.82) is 0 Å². The first kappa shape index (κ1) is 17.4. The van der Waals surface area contributed by atoms with Crippen molar-refractivity contribution in [2.45, 2.75) is 57.2 Å². The van der Waals surface area contributed by atoms with E-state index in [1.54, 1.807) is 6.26 Å². The van der Waals surface area contributed by atoms with E-state index in [4.69, 9.17) is 9.52 Å². The average molecular weight is 361 g/mol. The van der Waals surface area contributed by atoms with E-state index in [2.05, 4.69) is 5.32 Å². The number of hydrogen-bond acceptors (Lipinski definition) is 4. The second-order valence-corrected chi connectivity index (χ2v) is 7.99. The molecule has 3 fully saturated rings. The lowest BCUT2D eigenvalue weighted by Gasteiger charge is -2.61. The maximum Gasteiger partial charge on any atom is 0.318 e. The maximum absolute atomic E-state index is 12.8. The van der Waals surface area contributed by atoms with Gasteiger partial charge in [-0.2, -0.15) is 0 Å². The number of likely N-dealkylation sites (tertiary alicyclic amines) is 1. The summed E-state index contributed by atoms with van der Waals surface area (Å²) in [6, 6.07) is 4.26. The molecular formula is C19H27N3O4. The molecule has 142 valence electrons. The van der Waals surface area contributed by atoms with Crippen LogP contribution in [-0.4, -0.2) is 58.6 Å². The molecule has 1 saturated heterocycles. The van der Waals surface area contributed by atoms with Crippen molar-refractivity contribution in [2.24, 2.45) is 5.41 Å². The second kappa shape index (κ2) is 6.61. The number of rotatable bonds is 6. The molecule has 1 unspecified atom stereocenters. The van der Waals surface area contributed by atoms with Crippen molar-refractivity contribution in [1.82, 2.24) is 15.1 Å². The highest BCUT2D eigenvalue weighted by atomic mass is 16.4. The van der Waals surface area contributed by atoms with Gasteiger partial charge in [0.05, 0.1) is 18.8 Å². The molecular weight excluding hydrogens is 334 g/mol. The van der Waals surface area contributed by atoms with Gasteiger partial charge in [-0.15, -0.1) is 0 Å². The summed E-state index contributed by atoms with van der Waals surface area (Å²) in [7, 11) is 0. The topological polar surface area (TPSA) is 86.0 Å². The monoisotopic (exact) mass is 361 g/mol. The molecule has 4 rings (SSSR count). The molecule has 1 atom stereocenters. The lowest BCUT2D eigenvalue weighted by Crippen LogP contribution is -2.67. The number of furan rings is 1. The van der Waals surface area contributed by atoms with E-state index in [-0.39, 0.29) is 36.1 Å². The molecule has 2 saturated carbocycles. The number of carboxylic acid groups (broad SMARTS) is 1. The van der Waals surface area contributed by atoms with E-state index >= 15 is 0 Å². The van der Waals surface area contributed by atoms with Crippen LogP contribution in [0.3, 0.4) is 0 Å². The van der Waals surface area contributed by atoms with Crippen molar-refractivity contribution in [3.05, 3.63) is 24.2 Å². The van der Waals surface area contributed by atoms with Crippen molar-refractivity contribution >= 4 is 12.0 Å². The van der Waals surface area contributed by atoms with Crippen LogP contribution in [0.5, 0.6) is 0 Å². The van der Waals surface area contributed by atoms with Crippen molar-refractivity contribution in [3.8, 4) is 0 Å². The van der Waals surface area contributed by atoms with Crippen LogP contribution < -0.4 is 5.32 Å². The molecule has 26 heavy (non-hydrogen) atoms. The minimum atomic E-state index is -0.799. The predicted molar refractivity (Wildman–Crippen MR) is 94.7 cm³/mol. The predicted octanol–water partition coefficient (Wildman–Crippen LogP) is 2.45. The number of nitrogens with zero attached hydrogens (tertiary/aromatic N) is 2. The van der Waals surface area contributed by atoms with Gasteiger partial charge < -0.3 is 19.7 Å². The van der Waals surface area contributed by atoms with Crippen LogP contribution in [0.15, 0.2) is 22.8 Å². The van der Waals surface area contributed by atoms with Crippen LogP contribution in [0.1, 0.15) is 50.8 Å². The Bertz CT molecular complexity index is 664. The highest BCUT2D eigenvalue weighted by Crippen LogP contribution is 2.60. The van der Waals surface area contributed by atoms with Gasteiger partial charge in [0.2, 0.25) is 0 Å². The average Bonchev–Trinajstić information content (AvgIpc) is 2.99. The molecule has 1 aromatic rings. The third-order valence-corrected chi connectivity index (χ3v) is 6.50. The minimum Gasteiger partial charge on any atom is -0.480 e. The first-order valence-corrected chi connectivity index (χ1v) is 9.59. The molecule has 3 aliphatic rings. The number of likely N-dealkylation sites (N-methyl/N-ethyl adjacent to an activating group) is 1. The van der Waals surface area contributed by atoms with E-state index < -0.39 is 5.97 Å². The van der Waals surface area contributed by atoms with Gasteiger partial charge in [0.25, 0.3) is 0 Å². The minimum absolute atomic E-state index is 0.0198. The zero-order valence-electron chi connectivity index (χ0n) is 15.2. The molecule has 1 aliphatic heterocycles. The summed E-state index contributed by atoms with van der Waals surface area (Å²) < 4.78 is 5.61. The molecule has 2 heterocycles. The molecule has 0 aromatic carbocycles. The zero-order chi connectivity index (χ0) is 18.3. The lowest BCUT2D eigenvalue weighted by atomic mass is 9.57. The molecule has 2 N–H and O–H groups in total. The van der Waals surface area contributed by atoms with Crippen LogP contribution >= 0.6 is 0 Å². The summed E-state index contributed by atoms with van der Waals surface area (Å²) in [5, 5.41) is 12.1. The Morgan fingerprint density at radius 3 is 2.73 bits per heavy atom. The first-order chi connectivity index (χ1) is 12.5. The van der Waals surface area contributed by atoms with E-state index in [1.807, 2.05) is 28.9 Å². The summed E-state index contributed by atoms with van der Waals surface area (Å²) >= 11 is 0. The number of aliphatic carboxylic acids is 1. The number of hydrogen-bond donors (Lipinski definition) is 2. The van der Waals surface area contributed by atoms with E-state index in [0.717, 1.165) is 38.0 Å². The summed E-state index contributed by atoms with van der Waals surface area (Å²) in [6.07, 6.45) is 6.86. The quantitative estimate of drug-likeness (QED) is 0.813. The summed E-state index contributed by atoms with van der Waals surface area (Å²) in [4.78, 5) is 27.5. The fraction of sp³-hybridized carbons (Fsp3) is 0.684. The van der Waals surface area contributed by atoms with E-state index in [9.17, 15) is 9.59 Å². The van der Waals surface area contributed by atoms with E-state index in [0.29, 0.717) is 6.54 Å². The Morgan fingerprint density at radius 2 is 2.19 bits per heavy atom. The number of carboxylic acids is 1. The summed E-state index contributed by atoms with van der Waals surface area (Å²) in [5.74, 6) is 0.0863. The fourth-order valence-electron chi connectivity index (χ4n) is 4.82. The Labute approximate surface area is 153 Å². The molecule has 2 aliphatic carbocycles. The summed E-state index contributed by atoms with van der Waals surface area (Å²) in [6.45, 7) is 3.56. The van der Waals surface area contributed by atoms with Crippen LogP contribution in [0.25, 0.3) is 0 Å². The van der Waals surface area contributed by atoms with E-state index in [1.165, 1.54) is 6.42 Å². The van der Waals surface area contributed by atoms with Gasteiger partial charge in [-0.05, 0) is 44.4 Å². The Morgan fingerprint density at radius 1 is 1.42 bits per heavy atom. The highest BCUT2D eigenvalue weighted by molar-refractivity contribution is 5.76. The number of nitrogens with one attached hydrogen (secondary N) is 1. The molecule has 1 aromatic heterocycles. The van der Waals surface area contributed by atoms with Crippen molar-refractivity contribution in [3.63, 3.8) is 0 Å². The van der Waals surface area contributed by atoms with Gasteiger partial charge in [-0.3, -0.25) is 9.69 Å². The number of carbonyl (C=O) groups excluding carboxylic acids is 1. The molecule has 7 nitrogen and oxygen atoms in total. The number of carbonyl (C=O) groups is 2. The standard InChI is InChI=1S/C19H27N3O4/c1-2-21(11-16(23)24)14-9-13(10-14)20-18(25)22-12-19(6-4-7-19)17(22)15-5-3-8-26-15/h3,5,8,13-14,17H,2,4,6-7,9-12H2,1H3,(H,20,25)(H,23,24). The van der Waals surface area contributed by atoms with Gasteiger partial charge in [0.1, 0.15) is 5.76 Å². The normalized spacial score (nSPS) is 29.0. The van der Waals surface area contributed by atoms with Crippen LogP contribution in [0.4, 0.5) is 4.79 Å². The van der Waals surface area contributed by atoms with Gasteiger partial charge >= 0.3 is 12.0 Å². The van der Waals surface area contributed by atoms with Gasteiger partial charge in [0.15, 0.2) is 0 Å². The first-order valence-electron chi connectivity index (χ1n) is 9.59. The molecule has 7 heteroatoms. The maximum atomic E-state index is 12.8. The smallest absolute Gasteiger partial charge is 0.318 e. The number of amides is 2. The van der Waals surface area contributed by atoms with Gasteiger partial charge in [-0.25, -0.2) is 4.79 Å². The lowest BCUT2D eigenvalue weighted by molar-refractivity contribution is -0.139.